The molecule has 3 atom stereocenters. The Hall–Kier alpha value is -2.24. The first kappa shape index (κ1) is 19.5. The van der Waals surface area contributed by atoms with E-state index in [0.717, 1.165) is 24.3 Å². The van der Waals surface area contributed by atoms with Crippen molar-refractivity contribution in [2.24, 2.45) is 11.7 Å². The van der Waals surface area contributed by atoms with Gasteiger partial charge in [0.15, 0.2) is 11.5 Å². The standard InChI is InChI=1S/C15H21NO2.C7H8O2/c1-10-5-6-12(13(8-10)17-2)14-15(16)7-3-4-11(15)9-18-14;1-9-7-5-3-2-4-6(7)8/h5-6,8,11,14H,3-4,7,9,16H2,1-2H3;2-5,8H,1H3. The van der Waals surface area contributed by atoms with Gasteiger partial charge >= 0.3 is 0 Å². The number of benzene rings is 2. The average molecular weight is 371 g/mol. The van der Waals surface area contributed by atoms with E-state index in [2.05, 4.69) is 25.1 Å². The highest BCUT2D eigenvalue weighted by Crippen LogP contribution is 2.51. The summed E-state index contributed by atoms with van der Waals surface area (Å²) in [5.74, 6) is 2.10. The first-order valence-corrected chi connectivity index (χ1v) is 9.36. The third-order valence-corrected chi connectivity index (χ3v) is 5.63. The lowest BCUT2D eigenvalue weighted by Crippen LogP contribution is -2.45. The van der Waals surface area contributed by atoms with Crippen LogP contribution in [-0.2, 0) is 4.74 Å². The maximum atomic E-state index is 8.99. The van der Waals surface area contributed by atoms with Gasteiger partial charge in [0.1, 0.15) is 11.9 Å². The molecule has 0 aromatic heterocycles. The number of fused-ring (bicyclic) bond motifs is 1. The number of nitrogens with two attached hydrogens (primary N) is 1. The summed E-state index contributed by atoms with van der Waals surface area (Å²) < 4.78 is 16.3. The van der Waals surface area contributed by atoms with Gasteiger partial charge in [-0.05, 0) is 43.5 Å². The Balaban J connectivity index is 0.000000197. The molecule has 27 heavy (non-hydrogen) atoms. The van der Waals surface area contributed by atoms with Crippen molar-refractivity contribution in [1.82, 2.24) is 0 Å². The van der Waals surface area contributed by atoms with Crippen molar-refractivity contribution in [3.05, 3.63) is 53.6 Å². The minimum Gasteiger partial charge on any atom is -0.504 e. The fourth-order valence-electron chi connectivity index (χ4n) is 4.12. The van der Waals surface area contributed by atoms with Crippen molar-refractivity contribution in [1.29, 1.82) is 0 Å². The highest BCUT2D eigenvalue weighted by Gasteiger charge is 2.52. The lowest BCUT2D eigenvalue weighted by molar-refractivity contribution is 0.0744. The van der Waals surface area contributed by atoms with Crippen molar-refractivity contribution in [3.63, 3.8) is 0 Å². The molecule has 5 heteroatoms. The van der Waals surface area contributed by atoms with Crippen LogP contribution < -0.4 is 15.2 Å². The van der Waals surface area contributed by atoms with E-state index in [9.17, 15) is 0 Å². The summed E-state index contributed by atoms with van der Waals surface area (Å²) in [5, 5.41) is 8.99. The molecule has 2 aliphatic rings. The number of hydrogen-bond donors (Lipinski definition) is 2. The van der Waals surface area contributed by atoms with Gasteiger partial charge in [0.05, 0.1) is 26.4 Å². The predicted octanol–water partition coefficient (Wildman–Crippen LogP) is 3.97. The maximum absolute atomic E-state index is 8.99. The number of hydrogen-bond acceptors (Lipinski definition) is 5. The lowest BCUT2D eigenvalue weighted by Gasteiger charge is -2.30. The fourth-order valence-corrected chi connectivity index (χ4v) is 4.12. The number of phenols is 1. The zero-order valence-electron chi connectivity index (χ0n) is 16.3. The Kier molecular flexibility index (Phi) is 5.92. The Bertz CT molecular complexity index is 779. The van der Waals surface area contributed by atoms with Crippen molar-refractivity contribution >= 4 is 0 Å². The summed E-state index contributed by atoms with van der Waals surface area (Å²) in [4.78, 5) is 0. The van der Waals surface area contributed by atoms with E-state index in [4.69, 9.17) is 25.1 Å². The fraction of sp³-hybridized carbons (Fsp3) is 0.455. The van der Waals surface area contributed by atoms with Crippen LogP contribution in [0.1, 0.15) is 36.5 Å². The normalized spacial score (nSPS) is 26.1. The third-order valence-electron chi connectivity index (χ3n) is 5.63. The topological polar surface area (TPSA) is 73.9 Å². The number of aromatic hydroxyl groups is 1. The molecule has 1 aliphatic carbocycles. The van der Waals surface area contributed by atoms with Crippen molar-refractivity contribution < 1.29 is 19.3 Å². The molecule has 0 radical (unpaired) electrons. The molecule has 0 spiro atoms. The van der Waals surface area contributed by atoms with E-state index in [1.165, 1.54) is 25.5 Å². The van der Waals surface area contributed by atoms with E-state index in [-0.39, 0.29) is 17.4 Å². The molecule has 5 nitrogen and oxygen atoms in total. The van der Waals surface area contributed by atoms with Crippen LogP contribution in [0.5, 0.6) is 17.2 Å². The predicted molar refractivity (Wildman–Crippen MR) is 105 cm³/mol. The molecule has 2 aromatic carbocycles. The van der Waals surface area contributed by atoms with E-state index in [0.29, 0.717) is 11.7 Å². The van der Waals surface area contributed by atoms with Crippen LogP contribution in [-0.4, -0.2) is 31.5 Å². The van der Waals surface area contributed by atoms with Gasteiger partial charge < -0.3 is 25.1 Å². The first-order valence-electron chi connectivity index (χ1n) is 9.36. The van der Waals surface area contributed by atoms with Crippen LogP contribution in [0.2, 0.25) is 0 Å². The largest absolute Gasteiger partial charge is 0.504 e. The highest BCUT2D eigenvalue weighted by atomic mass is 16.5. The second kappa shape index (κ2) is 8.19. The van der Waals surface area contributed by atoms with Crippen LogP contribution in [0.4, 0.5) is 0 Å². The SMILES string of the molecule is COc1cc(C)ccc1C1OCC2CCCC21N.COc1ccccc1O. The molecule has 2 fully saturated rings. The summed E-state index contributed by atoms with van der Waals surface area (Å²) in [7, 11) is 3.23. The van der Waals surface area contributed by atoms with Crippen LogP contribution in [0.25, 0.3) is 0 Å². The number of methoxy groups -OCH3 is 2. The van der Waals surface area contributed by atoms with Gasteiger partial charge in [-0.3, -0.25) is 0 Å². The van der Waals surface area contributed by atoms with Crippen LogP contribution >= 0.6 is 0 Å². The number of phenolic OH excluding ortho intramolecular Hbond substituents is 1. The molecule has 4 rings (SSSR count). The quantitative estimate of drug-likeness (QED) is 0.854. The van der Waals surface area contributed by atoms with E-state index < -0.39 is 0 Å². The maximum Gasteiger partial charge on any atom is 0.160 e. The van der Waals surface area contributed by atoms with Gasteiger partial charge in [0.2, 0.25) is 0 Å². The molecule has 3 unspecified atom stereocenters. The first-order chi connectivity index (χ1) is 13.0. The molecule has 1 saturated carbocycles. The molecule has 0 bridgehead atoms. The van der Waals surface area contributed by atoms with Gasteiger partial charge in [0, 0.05) is 11.5 Å². The summed E-state index contributed by atoms with van der Waals surface area (Å²) >= 11 is 0. The van der Waals surface area contributed by atoms with Gasteiger partial charge in [0.25, 0.3) is 0 Å². The minimum atomic E-state index is -0.192. The summed E-state index contributed by atoms with van der Waals surface area (Å²) in [5.41, 5.74) is 8.73. The van der Waals surface area contributed by atoms with Crippen molar-refractivity contribution in [2.45, 2.75) is 37.8 Å². The Morgan fingerprint density at radius 2 is 1.85 bits per heavy atom. The molecule has 0 amide bonds. The van der Waals surface area contributed by atoms with Crippen molar-refractivity contribution in [2.75, 3.05) is 20.8 Å². The Morgan fingerprint density at radius 1 is 1.11 bits per heavy atom. The van der Waals surface area contributed by atoms with E-state index >= 15 is 0 Å². The summed E-state index contributed by atoms with van der Waals surface area (Å²) in [6, 6.07) is 13.1. The molecular weight excluding hydrogens is 342 g/mol. The van der Waals surface area contributed by atoms with E-state index in [1.54, 1.807) is 31.4 Å². The molecule has 2 aromatic rings. The van der Waals surface area contributed by atoms with Gasteiger partial charge in [-0.15, -0.1) is 0 Å². The highest BCUT2D eigenvalue weighted by molar-refractivity contribution is 5.41. The Morgan fingerprint density at radius 3 is 2.52 bits per heavy atom. The second-order valence-electron chi connectivity index (χ2n) is 7.33. The van der Waals surface area contributed by atoms with Crippen molar-refractivity contribution in [3.8, 4) is 17.2 Å². The third kappa shape index (κ3) is 3.89. The molecule has 3 N–H and O–H groups in total. The molecular formula is C22H29NO4. The monoisotopic (exact) mass is 371 g/mol. The minimum absolute atomic E-state index is 0.0134. The summed E-state index contributed by atoms with van der Waals surface area (Å²) in [6.07, 6.45) is 3.45. The molecule has 1 saturated heterocycles. The number of rotatable bonds is 3. The van der Waals surface area contributed by atoms with E-state index in [1.807, 2.05) is 0 Å². The van der Waals surface area contributed by atoms with Crippen LogP contribution in [0.15, 0.2) is 42.5 Å². The van der Waals surface area contributed by atoms with Gasteiger partial charge in [-0.25, -0.2) is 0 Å². The zero-order valence-corrected chi connectivity index (χ0v) is 16.3. The molecule has 1 heterocycles. The van der Waals surface area contributed by atoms with Crippen LogP contribution in [0.3, 0.4) is 0 Å². The number of ether oxygens (including phenoxy) is 3. The van der Waals surface area contributed by atoms with Crippen LogP contribution in [0, 0.1) is 12.8 Å². The molecule has 1 aliphatic heterocycles. The number of para-hydroxylation sites is 2. The smallest absolute Gasteiger partial charge is 0.160 e. The lowest BCUT2D eigenvalue weighted by atomic mass is 9.82. The molecule has 146 valence electrons. The van der Waals surface area contributed by atoms with Gasteiger partial charge in [-0.2, -0.15) is 0 Å². The summed E-state index contributed by atoms with van der Waals surface area (Å²) in [6.45, 7) is 2.86. The average Bonchev–Trinajstić information content (AvgIpc) is 3.19. The Labute approximate surface area is 161 Å². The zero-order chi connectivity index (χ0) is 19.4. The van der Waals surface area contributed by atoms with Gasteiger partial charge in [-0.1, -0.05) is 30.7 Å². The number of aryl methyl sites for hydroxylation is 1. The second-order valence-corrected chi connectivity index (χ2v) is 7.33.